The number of aromatic nitrogens is 2. The van der Waals surface area contributed by atoms with Gasteiger partial charge in [0.15, 0.2) is 0 Å². The predicted molar refractivity (Wildman–Crippen MR) is 123 cm³/mol. The molecule has 0 spiro atoms. The molecule has 172 valence electrons. The molecular weight excluding hydrogens is 429 g/mol. The first kappa shape index (κ1) is 21.6. The molecule has 1 fully saturated rings. The molecular formula is C25H25F3N4O. The fraction of sp³-hybridized carbons (Fsp3) is 0.320. The Hall–Kier alpha value is -3.26. The number of likely N-dealkylation sites (tertiary alicyclic amines) is 1. The van der Waals surface area contributed by atoms with Crippen LogP contribution in [0.2, 0.25) is 0 Å². The summed E-state index contributed by atoms with van der Waals surface area (Å²) < 4.78 is 43.1. The number of anilines is 1. The predicted octanol–water partition coefficient (Wildman–Crippen LogP) is 5.45. The average Bonchev–Trinajstić information content (AvgIpc) is 3.47. The highest BCUT2D eigenvalue weighted by Crippen LogP contribution is 2.29. The van der Waals surface area contributed by atoms with Crippen molar-refractivity contribution < 1.29 is 17.9 Å². The van der Waals surface area contributed by atoms with Crippen molar-refractivity contribution in [3.63, 3.8) is 0 Å². The van der Waals surface area contributed by atoms with Gasteiger partial charge in [0.25, 0.3) is 0 Å². The Labute approximate surface area is 190 Å². The van der Waals surface area contributed by atoms with Gasteiger partial charge in [-0.3, -0.25) is 4.68 Å². The number of nitrogens with zero attached hydrogens (tertiary/aromatic N) is 4. The lowest BCUT2D eigenvalue weighted by molar-refractivity contribution is -0.274. The molecule has 5 nitrogen and oxygen atoms in total. The maximum atomic E-state index is 12.3. The van der Waals surface area contributed by atoms with E-state index < -0.39 is 6.36 Å². The van der Waals surface area contributed by atoms with Crippen molar-refractivity contribution in [2.24, 2.45) is 0 Å². The second kappa shape index (κ2) is 8.94. The van der Waals surface area contributed by atoms with Crippen molar-refractivity contribution in [3.8, 4) is 5.75 Å². The van der Waals surface area contributed by atoms with Gasteiger partial charge in [0.2, 0.25) is 0 Å². The standard InChI is InChI=1S/C25H25F3N4O/c26-25(27,28)33-23-6-3-19(4-7-23)20-9-13-31(14-10-20)22-5-8-24-21(17-22)18-29-32(24)16-15-30-11-1-2-12-30/h3-10,13,17-18H,1-2,11-12,14-16H2. The lowest BCUT2D eigenvalue weighted by Crippen LogP contribution is -2.24. The van der Waals surface area contributed by atoms with Crippen LogP contribution in [-0.2, 0) is 6.54 Å². The summed E-state index contributed by atoms with van der Waals surface area (Å²) in [5, 5.41) is 5.69. The molecule has 1 saturated heterocycles. The van der Waals surface area contributed by atoms with Gasteiger partial charge in [-0.2, -0.15) is 5.10 Å². The van der Waals surface area contributed by atoms with Gasteiger partial charge in [-0.25, -0.2) is 0 Å². The Balaban J connectivity index is 1.24. The lowest BCUT2D eigenvalue weighted by Gasteiger charge is -2.23. The van der Waals surface area contributed by atoms with Crippen LogP contribution in [0.5, 0.6) is 5.75 Å². The molecule has 3 aromatic rings. The van der Waals surface area contributed by atoms with E-state index >= 15 is 0 Å². The third kappa shape index (κ3) is 5.06. The van der Waals surface area contributed by atoms with E-state index in [1.165, 1.54) is 38.1 Å². The molecule has 0 aliphatic carbocycles. The zero-order valence-electron chi connectivity index (χ0n) is 18.1. The largest absolute Gasteiger partial charge is 0.573 e. The van der Waals surface area contributed by atoms with Gasteiger partial charge in [0.05, 0.1) is 18.3 Å². The summed E-state index contributed by atoms with van der Waals surface area (Å²) in [6.07, 6.45) is 5.84. The Kier molecular flexibility index (Phi) is 5.85. The number of allylic oxidation sites excluding steroid dienone is 2. The third-order valence-corrected chi connectivity index (χ3v) is 6.15. The second-order valence-corrected chi connectivity index (χ2v) is 8.36. The molecule has 2 aromatic carbocycles. The van der Waals surface area contributed by atoms with Crippen LogP contribution in [0.4, 0.5) is 18.9 Å². The molecule has 0 saturated carbocycles. The van der Waals surface area contributed by atoms with Crippen LogP contribution in [0.15, 0.2) is 67.0 Å². The summed E-state index contributed by atoms with van der Waals surface area (Å²) >= 11 is 0. The molecule has 0 amide bonds. The zero-order chi connectivity index (χ0) is 22.8. The maximum absolute atomic E-state index is 12.3. The summed E-state index contributed by atoms with van der Waals surface area (Å²) in [4.78, 5) is 4.62. The van der Waals surface area contributed by atoms with Crippen LogP contribution < -0.4 is 9.64 Å². The number of halogens is 3. The normalized spacial score (nSPS) is 17.1. The minimum absolute atomic E-state index is 0.220. The number of rotatable bonds is 6. The summed E-state index contributed by atoms with van der Waals surface area (Å²) in [7, 11) is 0. The first-order valence-corrected chi connectivity index (χ1v) is 11.1. The summed E-state index contributed by atoms with van der Waals surface area (Å²) in [6, 6.07) is 12.3. The van der Waals surface area contributed by atoms with Crippen molar-refractivity contribution in [2.45, 2.75) is 25.7 Å². The summed E-state index contributed by atoms with van der Waals surface area (Å²) in [5.41, 5.74) is 4.01. The molecule has 3 heterocycles. The van der Waals surface area contributed by atoms with E-state index in [1.807, 2.05) is 18.5 Å². The molecule has 0 radical (unpaired) electrons. The Morgan fingerprint density at radius 3 is 2.45 bits per heavy atom. The van der Waals surface area contributed by atoms with Gasteiger partial charge in [-0.1, -0.05) is 18.2 Å². The highest BCUT2D eigenvalue weighted by atomic mass is 19.4. The fourth-order valence-electron chi connectivity index (χ4n) is 4.42. The van der Waals surface area contributed by atoms with Gasteiger partial charge in [-0.15, -0.1) is 13.2 Å². The minimum atomic E-state index is -4.68. The van der Waals surface area contributed by atoms with Crippen LogP contribution in [0.25, 0.3) is 16.5 Å². The van der Waals surface area contributed by atoms with E-state index in [1.54, 1.807) is 12.1 Å². The number of fused-ring (bicyclic) bond motifs is 1. The van der Waals surface area contributed by atoms with Crippen molar-refractivity contribution in [2.75, 3.05) is 31.1 Å². The molecule has 1 aromatic heterocycles. The van der Waals surface area contributed by atoms with Crippen molar-refractivity contribution in [1.82, 2.24) is 14.7 Å². The Morgan fingerprint density at radius 2 is 1.76 bits per heavy atom. The van der Waals surface area contributed by atoms with E-state index in [0.717, 1.165) is 40.8 Å². The maximum Gasteiger partial charge on any atom is 0.573 e. The van der Waals surface area contributed by atoms with Gasteiger partial charge >= 0.3 is 6.36 Å². The number of alkyl halides is 3. The molecule has 0 atom stereocenters. The van der Waals surface area contributed by atoms with Crippen molar-refractivity contribution in [3.05, 3.63) is 72.6 Å². The second-order valence-electron chi connectivity index (χ2n) is 8.36. The molecule has 2 aliphatic heterocycles. The highest BCUT2D eigenvalue weighted by Gasteiger charge is 2.31. The lowest BCUT2D eigenvalue weighted by atomic mass is 10.0. The first-order chi connectivity index (χ1) is 15.9. The number of hydrogen-bond acceptors (Lipinski definition) is 4. The van der Waals surface area contributed by atoms with Gasteiger partial charge in [0, 0.05) is 30.4 Å². The van der Waals surface area contributed by atoms with E-state index in [-0.39, 0.29) is 5.75 Å². The first-order valence-electron chi connectivity index (χ1n) is 11.1. The topological polar surface area (TPSA) is 33.5 Å². The third-order valence-electron chi connectivity index (χ3n) is 6.15. The molecule has 5 rings (SSSR count). The van der Waals surface area contributed by atoms with Gasteiger partial charge < -0.3 is 14.5 Å². The highest BCUT2D eigenvalue weighted by molar-refractivity contribution is 5.84. The Morgan fingerprint density at radius 1 is 0.970 bits per heavy atom. The number of benzene rings is 2. The average molecular weight is 454 g/mol. The monoisotopic (exact) mass is 454 g/mol. The Bertz CT molecular complexity index is 1170. The van der Waals surface area contributed by atoms with E-state index in [9.17, 15) is 13.2 Å². The van der Waals surface area contributed by atoms with Crippen LogP contribution in [0.3, 0.4) is 0 Å². The molecule has 0 N–H and O–H groups in total. The van der Waals surface area contributed by atoms with Gasteiger partial charge in [-0.05, 0) is 73.5 Å². The molecule has 33 heavy (non-hydrogen) atoms. The van der Waals surface area contributed by atoms with Crippen LogP contribution in [0.1, 0.15) is 18.4 Å². The number of ether oxygens (including phenoxy) is 1. The van der Waals surface area contributed by atoms with Crippen LogP contribution >= 0.6 is 0 Å². The number of hydrogen-bond donors (Lipinski definition) is 0. The minimum Gasteiger partial charge on any atom is -0.406 e. The van der Waals surface area contributed by atoms with E-state index in [2.05, 4.69) is 48.6 Å². The molecule has 2 aliphatic rings. The van der Waals surface area contributed by atoms with Crippen molar-refractivity contribution >= 4 is 22.2 Å². The van der Waals surface area contributed by atoms with Crippen LogP contribution in [-0.4, -0.2) is 47.2 Å². The summed E-state index contributed by atoms with van der Waals surface area (Å²) in [5.74, 6) is -0.220. The van der Waals surface area contributed by atoms with E-state index in [0.29, 0.717) is 6.54 Å². The SMILES string of the molecule is FC(F)(F)Oc1ccc(C2=CCN(c3ccc4c(cnn4CCN4CCCC4)c3)C=C2)cc1. The quantitative estimate of drug-likeness (QED) is 0.496. The molecule has 0 bridgehead atoms. The van der Waals surface area contributed by atoms with Gasteiger partial charge in [0.1, 0.15) is 5.75 Å². The molecule has 0 unspecified atom stereocenters. The zero-order valence-corrected chi connectivity index (χ0v) is 18.1. The smallest absolute Gasteiger partial charge is 0.406 e. The van der Waals surface area contributed by atoms with Crippen LogP contribution in [0, 0.1) is 0 Å². The van der Waals surface area contributed by atoms with E-state index in [4.69, 9.17) is 0 Å². The molecule has 8 heteroatoms. The fourth-order valence-corrected chi connectivity index (χ4v) is 4.42. The van der Waals surface area contributed by atoms with Crippen molar-refractivity contribution in [1.29, 1.82) is 0 Å². The summed E-state index contributed by atoms with van der Waals surface area (Å²) in [6.45, 7) is 4.97.